The highest BCUT2D eigenvalue weighted by molar-refractivity contribution is 5.92. The number of hydrogen-bond donors (Lipinski definition) is 1. The minimum Gasteiger partial charge on any atom is -0.449 e. The van der Waals surface area contributed by atoms with Crippen LogP contribution in [0.4, 0.5) is 0 Å². The van der Waals surface area contributed by atoms with Crippen LogP contribution in [0, 0.1) is 17.2 Å². The van der Waals surface area contributed by atoms with E-state index >= 15 is 0 Å². The summed E-state index contributed by atoms with van der Waals surface area (Å²) in [5.41, 5.74) is -0.0713. The van der Waals surface area contributed by atoms with E-state index in [1.165, 1.54) is 17.9 Å². The molecule has 136 valence electrons. The number of nitrogens with one attached hydrogen (secondary N) is 1. The number of tetrazole rings is 1. The molecule has 2 aromatic rings. The second kappa shape index (κ2) is 7.74. The van der Waals surface area contributed by atoms with Gasteiger partial charge in [0.1, 0.15) is 11.9 Å². The van der Waals surface area contributed by atoms with Gasteiger partial charge in [-0.15, -0.1) is 5.10 Å². The van der Waals surface area contributed by atoms with Gasteiger partial charge in [-0.25, -0.2) is 9.48 Å². The van der Waals surface area contributed by atoms with E-state index in [0.717, 1.165) is 0 Å². The fraction of sp³-hybridized carbons (Fsp3) is 0.412. The Kier molecular flexibility index (Phi) is 5.67. The lowest BCUT2D eigenvalue weighted by molar-refractivity contribution is -0.130. The minimum atomic E-state index is -1.04. The highest BCUT2D eigenvalue weighted by Gasteiger charge is 2.32. The van der Waals surface area contributed by atoms with E-state index in [4.69, 9.17) is 4.74 Å². The van der Waals surface area contributed by atoms with E-state index in [1.54, 1.807) is 31.2 Å². The van der Waals surface area contributed by atoms with Gasteiger partial charge in [0.2, 0.25) is 0 Å². The van der Waals surface area contributed by atoms with E-state index in [-0.39, 0.29) is 11.5 Å². The fourth-order valence-electron chi connectivity index (χ4n) is 1.97. The number of amides is 1. The van der Waals surface area contributed by atoms with E-state index < -0.39 is 23.5 Å². The molecule has 9 nitrogen and oxygen atoms in total. The summed E-state index contributed by atoms with van der Waals surface area (Å²) in [5, 5.41) is 22.7. The van der Waals surface area contributed by atoms with Gasteiger partial charge >= 0.3 is 5.97 Å². The maximum atomic E-state index is 12.2. The van der Waals surface area contributed by atoms with Gasteiger partial charge in [-0.05, 0) is 54.5 Å². The minimum absolute atomic E-state index is 0.0989. The lowest BCUT2D eigenvalue weighted by Crippen LogP contribution is -2.52. The molecule has 0 fully saturated rings. The summed E-state index contributed by atoms with van der Waals surface area (Å²) in [6.07, 6.45) is 0.397. The summed E-state index contributed by atoms with van der Waals surface area (Å²) in [6, 6.07) is 8.50. The standard InChI is InChI=1S/C17H20N6O3/c1-11(2)17(4,9-18)20-15(24)12(3)26-16(25)13-5-7-14(8-6-13)23-10-19-21-22-23/h5-8,10-12H,1-4H3,(H,20,24)/t12-,17+/m1/s1. The fourth-order valence-corrected chi connectivity index (χ4v) is 1.97. The van der Waals surface area contributed by atoms with Gasteiger partial charge < -0.3 is 10.1 Å². The molecule has 2 rings (SSSR count). The van der Waals surface area contributed by atoms with Crippen LogP contribution in [0.15, 0.2) is 30.6 Å². The molecule has 0 radical (unpaired) electrons. The van der Waals surface area contributed by atoms with Crippen molar-refractivity contribution in [3.8, 4) is 11.8 Å². The van der Waals surface area contributed by atoms with Crippen molar-refractivity contribution in [1.82, 2.24) is 25.5 Å². The molecule has 0 bridgehead atoms. The van der Waals surface area contributed by atoms with Gasteiger partial charge in [0.25, 0.3) is 5.91 Å². The van der Waals surface area contributed by atoms with Crippen molar-refractivity contribution in [2.24, 2.45) is 5.92 Å². The summed E-state index contributed by atoms with van der Waals surface area (Å²) in [6.45, 7) is 6.74. The number of benzene rings is 1. The van der Waals surface area contributed by atoms with Gasteiger partial charge in [0, 0.05) is 0 Å². The Bertz CT molecular complexity index is 810. The number of ether oxygens (including phenoxy) is 1. The Morgan fingerprint density at radius 2 is 1.92 bits per heavy atom. The lowest BCUT2D eigenvalue weighted by atomic mass is 9.90. The van der Waals surface area contributed by atoms with Gasteiger partial charge in [-0.3, -0.25) is 4.79 Å². The van der Waals surface area contributed by atoms with Crippen LogP contribution in [0.5, 0.6) is 0 Å². The number of aromatic nitrogens is 4. The first-order valence-corrected chi connectivity index (χ1v) is 8.04. The Morgan fingerprint density at radius 3 is 2.42 bits per heavy atom. The van der Waals surface area contributed by atoms with Crippen molar-refractivity contribution in [3.05, 3.63) is 36.2 Å². The first-order valence-electron chi connectivity index (χ1n) is 8.04. The van der Waals surface area contributed by atoms with Gasteiger partial charge in [0.15, 0.2) is 6.10 Å². The summed E-state index contributed by atoms with van der Waals surface area (Å²) >= 11 is 0. The molecule has 0 unspecified atom stereocenters. The summed E-state index contributed by atoms with van der Waals surface area (Å²) in [5.74, 6) is -1.27. The van der Waals surface area contributed by atoms with E-state index in [1.807, 2.05) is 13.8 Å². The second-order valence-corrected chi connectivity index (χ2v) is 6.31. The van der Waals surface area contributed by atoms with Crippen molar-refractivity contribution in [2.45, 2.75) is 39.3 Å². The molecule has 0 saturated carbocycles. The average molecular weight is 356 g/mol. The first kappa shape index (κ1) is 19.1. The van der Waals surface area contributed by atoms with Crippen LogP contribution in [-0.2, 0) is 9.53 Å². The molecule has 1 heterocycles. The number of hydrogen-bond acceptors (Lipinski definition) is 7. The van der Waals surface area contributed by atoms with E-state index in [2.05, 4.69) is 26.9 Å². The van der Waals surface area contributed by atoms with Crippen LogP contribution < -0.4 is 5.32 Å². The smallest absolute Gasteiger partial charge is 0.338 e. The normalized spacial score (nSPS) is 14.2. The molecule has 26 heavy (non-hydrogen) atoms. The molecule has 0 aliphatic rings. The summed E-state index contributed by atoms with van der Waals surface area (Å²) < 4.78 is 6.64. The average Bonchev–Trinajstić information content (AvgIpc) is 3.16. The third-order valence-electron chi connectivity index (χ3n) is 4.14. The van der Waals surface area contributed by atoms with Gasteiger partial charge in [-0.2, -0.15) is 5.26 Å². The number of esters is 1. The molecule has 1 aromatic carbocycles. The highest BCUT2D eigenvalue weighted by Crippen LogP contribution is 2.16. The van der Waals surface area contributed by atoms with Gasteiger partial charge in [0.05, 0.1) is 17.3 Å². The molecule has 1 amide bonds. The Labute approximate surface area is 151 Å². The quantitative estimate of drug-likeness (QED) is 0.773. The van der Waals surface area contributed by atoms with Crippen molar-refractivity contribution < 1.29 is 14.3 Å². The molecule has 0 aliphatic carbocycles. The van der Waals surface area contributed by atoms with Crippen LogP contribution in [0.25, 0.3) is 5.69 Å². The van der Waals surface area contributed by atoms with Crippen molar-refractivity contribution in [1.29, 1.82) is 5.26 Å². The third-order valence-corrected chi connectivity index (χ3v) is 4.14. The van der Waals surface area contributed by atoms with E-state index in [9.17, 15) is 14.9 Å². The van der Waals surface area contributed by atoms with Crippen LogP contribution >= 0.6 is 0 Å². The predicted molar refractivity (Wildman–Crippen MR) is 91.0 cm³/mol. The van der Waals surface area contributed by atoms with Gasteiger partial charge in [-0.1, -0.05) is 13.8 Å². The second-order valence-electron chi connectivity index (χ2n) is 6.31. The summed E-state index contributed by atoms with van der Waals surface area (Å²) in [4.78, 5) is 24.4. The lowest BCUT2D eigenvalue weighted by Gasteiger charge is -2.28. The molecule has 0 aliphatic heterocycles. The summed E-state index contributed by atoms with van der Waals surface area (Å²) in [7, 11) is 0. The molecule has 0 saturated heterocycles. The Hall–Kier alpha value is -3.28. The van der Waals surface area contributed by atoms with Crippen molar-refractivity contribution in [3.63, 3.8) is 0 Å². The van der Waals surface area contributed by atoms with E-state index in [0.29, 0.717) is 5.69 Å². The molecular weight excluding hydrogens is 336 g/mol. The highest BCUT2D eigenvalue weighted by atomic mass is 16.5. The molecule has 9 heteroatoms. The number of carbonyl (C=O) groups is 2. The monoisotopic (exact) mass is 356 g/mol. The van der Waals surface area contributed by atoms with Crippen LogP contribution in [0.2, 0.25) is 0 Å². The zero-order valence-corrected chi connectivity index (χ0v) is 15.0. The Balaban J connectivity index is 2.00. The number of carbonyl (C=O) groups excluding carboxylic acids is 2. The first-order chi connectivity index (χ1) is 12.3. The molecular formula is C17H20N6O3. The van der Waals surface area contributed by atoms with Crippen LogP contribution in [-0.4, -0.2) is 43.7 Å². The largest absolute Gasteiger partial charge is 0.449 e. The maximum Gasteiger partial charge on any atom is 0.338 e. The number of nitrogens with zero attached hydrogens (tertiary/aromatic N) is 5. The SMILES string of the molecule is CC(C)[C@](C)(C#N)NC(=O)[C@@H](C)OC(=O)c1ccc(-n2cnnn2)cc1. The number of nitriles is 1. The maximum absolute atomic E-state index is 12.2. The zero-order chi connectivity index (χ0) is 19.3. The number of rotatable bonds is 6. The molecule has 0 spiro atoms. The molecule has 1 aromatic heterocycles. The van der Waals surface area contributed by atoms with Crippen LogP contribution in [0.3, 0.4) is 0 Å². The zero-order valence-electron chi connectivity index (χ0n) is 15.0. The molecule has 1 N–H and O–H groups in total. The van der Waals surface area contributed by atoms with Crippen molar-refractivity contribution >= 4 is 11.9 Å². The molecule has 2 atom stereocenters. The topological polar surface area (TPSA) is 123 Å². The van der Waals surface area contributed by atoms with Crippen molar-refractivity contribution in [2.75, 3.05) is 0 Å². The predicted octanol–water partition coefficient (Wildman–Crippen LogP) is 1.26. The van der Waals surface area contributed by atoms with Crippen LogP contribution in [0.1, 0.15) is 38.1 Å². The Morgan fingerprint density at radius 1 is 1.27 bits per heavy atom. The third kappa shape index (κ3) is 4.22.